The van der Waals surface area contributed by atoms with E-state index in [0.717, 1.165) is 62.3 Å². The van der Waals surface area contributed by atoms with Crippen LogP contribution in [0.5, 0.6) is 0 Å². The van der Waals surface area contributed by atoms with Crippen LogP contribution in [-0.4, -0.2) is 72.2 Å². The van der Waals surface area contributed by atoms with Gasteiger partial charge < -0.3 is 20.4 Å². The Hall–Kier alpha value is -1.31. The molecule has 1 amide bonds. The summed E-state index contributed by atoms with van der Waals surface area (Å²) in [5.41, 5.74) is 8.46. The number of carbonyl (C=O) groups is 1. The van der Waals surface area contributed by atoms with Crippen LogP contribution in [0.1, 0.15) is 12.0 Å². The van der Waals surface area contributed by atoms with Gasteiger partial charge >= 0.3 is 0 Å². The lowest BCUT2D eigenvalue weighted by Gasteiger charge is -2.32. The highest BCUT2D eigenvalue weighted by Gasteiger charge is 2.33. The first-order valence-electron chi connectivity index (χ1n) is 9.13. The SMILES string of the molecule is Cl.Cl.N[C@@H](Cc1c[nH]c2ccccc12)C(=O)N1CCC(N2CCOCC2)C1. The van der Waals surface area contributed by atoms with Crippen LogP contribution in [0.3, 0.4) is 0 Å². The number of aromatic amines is 1. The van der Waals surface area contributed by atoms with E-state index in [1.165, 1.54) is 0 Å². The molecule has 6 nitrogen and oxygen atoms in total. The number of nitrogens with zero attached hydrogens (tertiary/aromatic N) is 2. The molecule has 2 aliphatic rings. The van der Waals surface area contributed by atoms with E-state index in [4.69, 9.17) is 10.5 Å². The van der Waals surface area contributed by atoms with Gasteiger partial charge in [-0.1, -0.05) is 18.2 Å². The van der Waals surface area contributed by atoms with Crippen molar-refractivity contribution in [2.75, 3.05) is 39.4 Å². The van der Waals surface area contributed by atoms with Crippen LogP contribution in [0.25, 0.3) is 10.9 Å². The topological polar surface area (TPSA) is 74.6 Å². The summed E-state index contributed by atoms with van der Waals surface area (Å²) in [6.07, 6.45) is 3.57. The van der Waals surface area contributed by atoms with E-state index < -0.39 is 6.04 Å². The molecule has 0 saturated carbocycles. The van der Waals surface area contributed by atoms with E-state index >= 15 is 0 Å². The molecule has 3 heterocycles. The van der Waals surface area contributed by atoms with Crippen molar-refractivity contribution in [2.24, 2.45) is 5.73 Å². The van der Waals surface area contributed by atoms with Crippen molar-refractivity contribution >= 4 is 41.6 Å². The maximum absolute atomic E-state index is 12.8. The van der Waals surface area contributed by atoms with Crippen LogP contribution in [-0.2, 0) is 16.0 Å². The van der Waals surface area contributed by atoms with Gasteiger partial charge in [0.25, 0.3) is 0 Å². The molecule has 1 aromatic carbocycles. The molecule has 2 aliphatic heterocycles. The van der Waals surface area contributed by atoms with E-state index in [9.17, 15) is 4.79 Å². The Morgan fingerprint density at radius 3 is 2.74 bits per heavy atom. The third-order valence-corrected chi connectivity index (χ3v) is 5.47. The molecule has 2 fully saturated rings. The number of ether oxygens (including phenoxy) is 1. The molecule has 150 valence electrons. The van der Waals surface area contributed by atoms with Gasteiger partial charge in [-0.15, -0.1) is 24.8 Å². The molecule has 0 spiro atoms. The zero-order valence-electron chi connectivity index (χ0n) is 15.3. The van der Waals surface area contributed by atoms with Crippen molar-refractivity contribution < 1.29 is 9.53 Å². The number of aromatic nitrogens is 1. The average Bonchev–Trinajstić information content (AvgIpc) is 3.30. The lowest BCUT2D eigenvalue weighted by Crippen LogP contribution is -2.47. The Labute approximate surface area is 172 Å². The predicted molar refractivity (Wildman–Crippen MR) is 112 cm³/mol. The van der Waals surface area contributed by atoms with Gasteiger partial charge in [0.05, 0.1) is 19.3 Å². The molecule has 27 heavy (non-hydrogen) atoms. The fourth-order valence-electron chi connectivity index (χ4n) is 4.04. The number of morpholine rings is 1. The van der Waals surface area contributed by atoms with Crippen molar-refractivity contribution in [2.45, 2.75) is 24.9 Å². The minimum Gasteiger partial charge on any atom is -0.379 e. The summed E-state index contributed by atoms with van der Waals surface area (Å²) in [6.45, 7) is 5.13. The number of para-hydroxylation sites is 1. The summed E-state index contributed by atoms with van der Waals surface area (Å²) in [7, 11) is 0. The van der Waals surface area contributed by atoms with E-state index in [2.05, 4.69) is 16.0 Å². The number of rotatable bonds is 4. The first-order chi connectivity index (χ1) is 12.2. The number of fused-ring (bicyclic) bond motifs is 1. The Morgan fingerprint density at radius 1 is 1.22 bits per heavy atom. The number of hydrogen-bond acceptors (Lipinski definition) is 4. The summed E-state index contributed by atoms with van der Waals surface area (Å²) in [6, 6.07) is 8.10. The minimum absolute atomic E-state index is 0. The molecule has 0 radical (unpaired) electrons. The third kappa shape index (κ3) is 4.76. The first-order valence-corrected chi connectivity index (χ1v) is 9.13. The number of nitrogens with one attached hydrogen (secondary N) is 1. The number of H-pyrrole nitrogens is 1. The van der Waals surface area contributed by atoms with Crippen molar-refractivity contribution in [1.29, 1.82) is 0 Å². The van der Waals surface area contributed by atoms with Gasteiger partial charge in [-0.2, -0.15) is 0 Å². The second-order valence-corrected chi connectivity index (χ2v) is 7.05. The highest BCUT2D eigenvalue weighted by molar-refractivity contribution is 5.86. The first kappa shape index (κ1) is 22.0. The molecule has 1 aromatic heterocycles. The summed E-state index contributed by atoms with van der Waals surface area (Å²) in [5, 5.41) is 1.15. The van der Waals surface area contributed by atoms with Crippen molar-refractivity contribution in [3.05, 3.63) is 36.0 Å². The summed E-state index contributed by atoms with van der Waals surface area (Å²) in [5.74, 6) is 0.0704. The number of amides is 1. The second kappa shape index (κ2) is 9.75. The molecule has 1 unspecified atom stereocenters. The Morgan fingerprint density at radius 2 is 1.96 bits per heavy atom. The van der Waals surface area contributed by atoms with Crippen LogP contribution in [0.2, 0.25) is 0 Å². The smallest absolute Gasteiger partial charge is 0.239 e. The monoisotopic (exact) mass is 414 g/mol. The molecule has 3 N–H and O–H groups in total. The van der Waals surface area contributed by atoms with Gasteiger partial charge in [-0.25, -0.2) is 0 Å². The lowest BCUT2D eigenvalue weighted by atomic mass is 10.0. The number of hydrogen-bond donors (Lipinski definition) is 2. The van der Waals surface area contributed by atoms with E-state index in [1.807, 2.05) is 29.3 Å². The van der Waals surface area contributed by atoms with Crippen molar-refractivity contribution in [1.82, 2.24) is 14.8 Å². The number of nitrogens with two attached hydrogens (primary N) is 1. The zero-order chi connectivity index (χ0) is 17.2. The standard InChI is InChI=1S/C19H26N4O2.2ClH/c20-17(11-14-12-21-18-4-2-1-3-16(14)18)19(24)23-6-5-15(13-23)22-7-9-25-10-8-22;;/h1-4,12,15,17,21H,5-11,13,20H2;2*1H/t15?,17-;;/m0../s1. The molecule has 8 heteroatoms. The fraction of sp³-hybridized carbons (Fsp3) is 0.526. The van der Waals surface area contributed by atoms with E-state index in [1.54, 1.807) is 0 Å². The number of carbonyl (C=O) groups excluding carboxylic acids is 1. The van der Waals surface area contributed by atoms with Crippen molar-refractivity contribution in [3.8, 4) is 0 Å². The Bertz CT molecular complexity index is 748. The van der Waals surface area contributed by atoms with Crippen LogP contribution in [0, 0.1) is 0 Å². The van der Waals surface area contributed by atoms with E-state index in [-0.39, 0.29) is 30.7 Å². The molecule has 0 aliphatic carbocycles. The fourth-order valence-corrected chi connectivity index (χ4v) is 4.04. The minimum atomic E-state index is -0.484. The number of benzene rings is 1. The number of halogens is 2. The van der Waals surface area contributed by atoms with Gasteiger partial charge in [-0.05, 0) is 24.5 Å². The Kier molecular flexibility index (Phi) is 7.94. The quantitative estimate of drug-likeness (QED) is 0.799. The molecular formula is C19H28Cl2N4O2. The van der Waals surface area contributed by atoms with Crippen LogP contribution in [0.15, 0.2) is 30.5 Å². The zero-order valence-corrected chi connectivity index (χ0v) is 16.9. The maximum atomic E-state index is 12.8. The second-order valence-electron chi connectivity index (χ2n) is 7.05. The highest BCUT2D eigenvalue weighted by atomic mass is 35.5. The Balaban J connectivity index is 0.00000131. The van der Waals surface area contributed by atoms with Crippen LogP contribution < -0.4 is 5.73 Å². The third-order valence-electron chi connectivity index (χ3n) is 5.47. The normalized spacial score (nSPS) is 21.5. The van der Waals surface area contributed by atoms with E-state index in [0.29, 0.717) is 12.5 Å². The summed E-state index contributed by atoms with van der Waals surface area (Å²) >= 11 is 0. The lowest BCUT2D eigenvalue weighted by molar-refractivity contribution is -0.131. The number of likely N-dealkylation sites (tertiary alicyclic amines) is 1. The molecule has 4 rings (SSSR count). The van der Waals surface area contributed by atoms with Gasteiger partial charge in [0, 0.05) is 49.3 Å². The van der Waals surface area contributed by atoms with Gasteiger partial charge in [0.15, 0.2) is 0 Å². The van der Waals surface area contributed by atoms with Crippen molar-refractivity contribution in [3.63, 3.8) is 0 Å². The molecule has 2 atom stereocenters. The highest BCUT2D eigenvalue weighted by Crippen LogP contribution is 2.21. The summed E-state index contributed by atoms with van der Waals surface area (Å²) in [4.78, 5) is 20.4. The molecule has 2 saturated heterocycles. The van der Waals surface area contributed by atoms with Crippen LogP contribution in [0.4, 0.5) is 0 Å². The maximum Gasteiger partial charge on any atom is 0.239 e. The van der Waals surface area contributed by atoms with Gasteiger partial charge in [0.2, 0.25) is 5.91 Å². The molecule has 2 aromatic rings. The largest absolute Gasteiger partial charge is 0.379 e. The van der Waals surface area contributed by atoms with Gasteiger partial charge in [-0.3, -0.25) is 9.69 Å². The molecule has 0 bridgehead atoms. The van der Waals surface area contributed by atoms with Crippen LogP contribution >= 0.6 is 24.8 Å². The summed E-state index contributed by atoms with van der Waals surface area (Å²) < 4.78 is 5.42. The van der Waals surface area contributed by atoms with Gasteiger partial charge in [0.1, 0.15) is 0 Å². The average molecular weight is 415 g/mol. The predicted octanol–water partition coefficient (Wildman–Crippen LogP) is 1.81. The molecular weight excluding hydrogens is 387 g/mol.